The van der Waals surface area contributed by atoms with Crippen molar-refractivity contribution in [2.24, 2.45) is 4.40 Å². The lowest BCUT2D eigenvalue weighted by Gasteiger charge is -2.26. The maximum atomic E-state index is 12.7. The molecule has 0 spiro atoms. The third-order valence-corrected chi connectivity index (χ3v) is 15.0. The van der Waals surface area contributed by atoms with Crippen molar-refractivity contribution < 1.29 is 38.4 Å². The van der Waals surface area contributed by atoms with Gasteiger partial charge in [0.15, 0.2) is 0 Å². The highest BCUT2D eigenvalue weighted by atomic mass is 79.9. The van der Waals surface area contributed by atoms with E-state index in [4.69, 9.17) is 0 Å². The molecule has 11 nitrogen and oxygen atoms in total. The van der Waals surface area contributed by atoms with Gasteiger partial charge in [0.05, 0.1) is 17.1 Å². The van der Waals surface area contributed by atoms with Crippen LogP contribution in [0.15, 0.2) is 215 Å². The first-order valence-electron chi connectivity index (χ1n) is 25.9. The van der Waals surface area contributed by atoms with Crippen LogP contribution < -0.4 is 41.6 Å². The van der Waals surface area contributed by atoms with Crippen molar-refractivity contribution in [2.45, 2.75) is 90.5 Å². The minimum Gasteiger partial charge on any atom is -1.00 e. The third kappa shape index (κ3) is 20.1. The topological polar surface area (TPSA) is 136 Å². The number of rotatable bonds is 22. The van der Waals surface area contributed by atoms with Crippen molar-refractivity contribution in [3.8, 4) is 22.4 Å². The van der Waals surface area contributed by atoms with Crippen LogP contribution in [0, 0.1) is 6.92 Å². The van der Waals surface area contributed by atoms with Gasteiger partial charge in [0, 0.05) is 35.4 Å². The van der Waals surface area contributed by atoms with Crippen LogP contribution in [-0.4, -0.2) is 40.8 Å². The Hall–Kier alpha value is -6.78. The molecule has 0 radical (unpaired) electrons. The van der Waals surface area contributed by atoms with Gasteiger partial charge in [-0.25, -0.2) is 18.3 Å². The summed E-state index contributed by atoms with van der Waals surface area (Å²) in [5.41, 5.74) is 8.63. The third-order valence-electron chi connectivity index (χ3n) is 11.8. The van der Waals surface area contributed by atoms with Crippen molar-refractivity contribution in [3.05, 3.63) is 211 Å². The minimum atomic E-state index is -3.92. The molecule has 0 aliphatic carbocycles. The summed E-state index contributed by atoms with van der Waals surface area (Å²) in [5.74, 6) is 0.344. The number of para-hydroxylation sites is 3. The van der Waals surface area contributed by atoms with Gasteiger partial charge in [-0.1, -0.05) is 197 Å². The number of aryl methyl sites for hydroxylation is 1. The normalized spacial score (nSPS) is 11.1. The molecule has 0 atom stereocenters. The van der Waals surface area contributed by atoms with E-state index in [2.05, 4.69) is 110 Å². The molecule has 0 bridgehead atoms. The molecule has 0 saturated heterocycles. The molecule has 400 valence electrons. The fourth-order valence-electron chi connectivity index (χ4n) is 7.84. The molecule has 1 heterocycles. The number of halogens is 1. The van der Waals surface area contributed by atoms with Crippen LogP contribution in [0.1, 0.15) is 77.7 Å². The van der Waals surface area contributed by atoms with Crippen molar-refractivity contribution in [2.75, 3.05) is 33.2 Å². The van der Waals surface area contributed by atoms with E-state index in [9.17, 15) is 16.8 Å². The number of benzene rings is 7. The molecule has 0 saturated carbocycles. The number of sulfonamides is 1. The van der Waals surface area contributed by atoms with E-state index in [0.29, 0.717) is 17.3 Å². The first kappa shape index (κ1) is 60.1. The zero-order chi connectivity index (χ0) is 53.1. The lowest BCUT2D eigenvalue weighted by atomic mass is 10.1. The number of hydrogen-bond acceptors (Lipinski definition) is 6. The predicted octanol–water partition coefficient (Wildman–Crippen LogP) is 12.2. The Balaban J connectivity index is 0.000000210. The van der Waals surface area contributed by atoms with Gasteiger partial charge in [-0.05, 0) is 110 Å². The van der Waals surface area contributed by atoms with Gasteiger partial charge in [-0.15, -0.1) is 4.40 Å². The van der Waals surface area contributed by atoms with Crippen LogP contribution in [0.5, 0.6) is 0 Å². The Bertz CT molecular complexity index is 3140. The molecule has 0 amide bonds. The van der Waals surface area contributed by atoms with E-state index in [1.165, 1.54) is 42.1 Å². The van der Waals surface area contributed by atoms with Crippen molar-refractivity contribution in [1.82, 2.24) is 4.90 Å². The first-order valence-corrected chi connectivity index (χ1v) is 29.7. The summed E-state index contributed by atoms with van der Waals surface area (Å²) in [5, 5.41) is 10.3. The second kappa shape index (κ2) is 32.0. The molecule has 8 rings (SSSR count). The van der Waals surface area contributed by atoms with Crippen molar-refractivity contribution >= 4 is 65.4 Å². The zero-order valence-corrected chi connectivity index (χ0v) is 48.0. The Labute approximate surface area is 467 Å². The van der Waals surface area contributed by atoms with Crippen LogP contribution >= 0.6 is 11.3 Å². The smallest absolute Gasteiger partial charge is 0.345 e. The average molecular weight is 1140 g/mol. The molecule has 1 aromatic heterocycles. The van der Waals surface area contributed by atoms with E-state index in [0.717, 1.165) is 73.4 Å². The molecule has 0 aliphatic rings. The molecule has 15 heteroatoms. The van der Waals surface area contributed by atoms with E-state index in [-0.39, 0.29) is 21.9 Å². The lowest BCUT2D eigenvalue weighted by Crippen LogP contribution is -3.00. The van der Waals surface area contributed by atoms with Crippen LogP contribution in [0.2, 0.25) is 0 Å². The van der Waals surface area contributed by atoms with Gasteiger partial charge in [-0.3, -0.25) is 9.44 Å². The van der Waals surface area contributed by atoms with Gasteiger partial charge in [0.25, 0.3) is 10.0 Å². The standard InChI is InChI=1S/C21H30N4O2S.C21H24N2S.C19H17NO2S.BrH/c1-3-5-17-25(18-6-4-2)21(22-19-13-9-7-10-14-19)24-28(26,27)23-20-15-11-8-12-16-20;1-2-3-4-11-16-23-20(18-12-7-5-8-13-18)17-24-21(23)22-19-14-9-6-10-15-19;1-15-6-5-9-18(14-15)20-23(21,22)19-12-10-17(11-13-19)16-7-3-2-4-8-16;/h7-16,23H,3-6,17-18H2,1-2H3,(H,22,24);5-10,12-15,17H,2-4,11,16H2,1H3;2-14,20H,1H3;1H. The Kier molecular flexibility index (Phi) is 25.3. The lowest BCUT2D eigenvalue weighted by molar-refractivity contribution is -0.668. The summed E-state index contributed by atoms with van der Waals surface area (Å²) in [6.45, 7) is 11.0. The molecule has 8 aromatic rings. The highest BCUT2D eigenvalue weighted by Gasteiger charge is 2.20. The molecule has 4 N–H and O–H groups in total. The number of aromatic nitrogens is 1. The van der Waals surface area contributed by atoms with Crippen LogP contribution in [0.3, 0.4) is 0 Å². The van der Waals surface area contributed by atoms with Crippen LogP contribution in [-0.2, 0) is 26.8 Å². The summed E-state index contributed by atoms with van der Waals surface area (Å²) >= 11 is 1.78. The maximum absolute atomic E-state index is 12.7. The highest BCUT2D eigenvalue weighted by molar-refractivity contribution is 7.92. The van der Waals surface area contributed by atoms with Crippen LogP contribution in [0.25, 0.3) is 22.4 Å². The number of thiazole rings is 1. The molecule has 0 unspecified atom stereocenters. The predicted molar refractivity (Wildman–Crippen MR) is 316 cm³/mol. The molecular weight excluding hydrogens is 1070 g/mol. The number of nitrogens with zero attached hydrogens (tertiary/aromatic N) is 3. The molecule has 0 fully saturated rings. The summed E-state index contributed by atoms with van der Waals surface area (Å²) in [4.78, 5) is 2.27. The maximum Gasteiger partial charge on any atom is 0.345 e. The minimum absolute atomic E-state index is 0. The van der Waals surface area contributed by atoms with E-state index >= 15 is 0 Å². The number of nitrogens with one attached hydrogen (secondary N) is 4. The second-order valence-electron chi connectivity index (χ2n) is 17.9. The van der Waals surface area contributed by atoms with E-state index < -0.39 is 20.2 Å². The second-order valence-corrected chi connectivity index (χ2v) is 21.8. The average Bonchev–Trinajstić information content (AvgIpc) is 3.82. The zero-order valence-electron chi connectivity index (χ0n) is 44.0. The Morgan fingerprint density at radius 3 is 1.58 bits per heavy atom. The monoisotopic (exact) mass is 1140 g/mol. The van der Waals surface area contributed by atoms with Gasteiger partial charge in [-0.2, -0.15) is 8.42 Å². The summed E-state index contributed by atoms with van der Waals surface area (Å²) in [6.07, 6.45) is 9.07. The number of hydrogen-bond donors (Lipinski definition) is 4. The highest BCUT2D eigenvalue weighted by Crippen LogP contribution is 2.27. The summed E-state index contributed by atoms with van der Waals surface area (Å²) < 4.78 is 61.9. The summed E-state index contributed by atoms with van der Waals surface area (Å²) in [6, 6.07) is 63.4. The molecule has 0 aliphatic heterocycles. The molecule has 7 aromatic carbocycles. The van der Waals surface area contributed by atoms with Crippen LogP contribution in [0.4, 0.5) is 27.9 Å². The van der Waals surface area contributed by atoms with Crippen molar-refractivity contribution in [3.63, 3.8) is 0 Å². The Morgan fingerprint density at radius 2 is 1.03 bits per heavy atom. The van der Waals surface area contributed by atoms with Gasteiger partial charge in [0.1, 0.15) is 11.4 Å². The number of unbranched alkanes of at least 4 members (excludes halogenated alkanes) is 5. The quantitative estimate of drug-likeness (QED) is 0.0230. The van der Waals surface area contributed by atoms with E-state index in [1.807, 2.05) is 109 Å². The van der Waals surface area contributed by atoms with Gasteiger partial charge in [0.2, 0.25) is 5.96 Å². The van der Waals surface area contributed by atoms with E-state index in [1.54, 1.807) is 59.9 Å². The molecular formula is C61H72BrN7O4S3. The fourth-order valence-corrected chi connectivity index (χ4v) is 10.7. The first-order chi connectivity index (χ1) is 36.5. The molecule has 76 heavy (non-hydrogen) atoms. The van der Waals surface area contributed by atoms with Gasteiger partial charge < -0.3 is 27.2 Å². The largest absolute Gasteiger partial charge is 1.00 e. The van der Waals surface area contributed by atoms with Crippen molar-refractivity contribution in [1.29, 1.82) is 0 Å². The Morgan fingerprint density at radius 1 is 0.526 bits per heavy atom. The van der Waals surface area contributed by atoms with Gasteiger partial charge >= 0.3 is 15.3 Å². The number of anilines is 5. The fraction of sp³-hybridized carbons (Fsp3) is 0.246. The summed E-state index contributed by atoms with van der Waals surface area (Å²) in [7, 11) is -7.49. The SMILES string of the molecule is CCCCCC[n+]1c(-c2ccccc2)csc1Nc1ccccc1.CCCCN(CCCC)C(=NS(=O)(=O)Nc1ccccc1)Nc1ccccc1.Cc1cccc(NS(=O)(=O)c2ccc(-c3ccccc3)cc2)c1.[Br-]. The number of guanidine groups is 1.